The molecular formula is C31H41N3O4. The van der Waals surface area contributed by atoms with Gasteiger partial charge in [-0.05, 0) is 77.6 Å². The summed E-state index contributed by atoms with van der Waals surface area (Å²) in [5.74, 6) is 1.53. The van der Waals surface area contributed by atoms with Gasteiger partial charge in [0.05, 0.1) is 0 Å². The van der Waals surface area contributed by atoms with Gasteiger partial charge in [0.1, 0.15) is 17.7 Å². The molecule has 7 heteroatoms. The Kier molecular flexibility index (Phi) is 9.75. The minimum absolute atomic E-state index is 0.289. The van der Waals surface area contributed by atoms with Gasteiger partial charge in [-0.1, -0.05) is 56.2 Å². The van der Waals surface area contributed by atoms with Crippen molar-refractivity contribution in [1.29, 1.82) is 0 Å². The van der Waals surface area contributed by atoms with E-state index in [0.717, 1.165) is 5.56 Å². The topological polar surface area (TPSA) is 87.7 Å². The van der Waals surface area contributed by atoms with Gasteiger partial charge in [0, 0.05) is 16.8 Å². The van der Waals surface area contributed by atoms with Gasteiger partial charge in [-0.3, -0.25) is 9.59 Å². The molecule has 2 N–H and O–H groups in total. The first-order valence-corrected chi connectivity index (χ1v) is 12.8. The summed E-state index contributed by atoms with van der Waals surface area (Å²) in [5.41, 5.74) is 0.972. The van der Waals surface area contributed by atoms with Crippen molar-refractivity contribution >= 4 is 23.6 Å². The molecule has 0 aliphatic heterocycles. The quantitative estimate of drug-likeness (QED) is 0.451. The SMILES string of the molecule is C#Cc1ccccc1C(C(=O)Nc1ccccc1C)N(C(=O)C(NC(=O)OC(C)(C)C)C(C)C)C(C)(C)C. The van der Waals surface area contributed by atoms with Crippen LogP contribution in [0.5, 0.6) is 0 Å². The fraction of sp³-hybridized carbons (Fsp3) is 0.452. The maximum atomic E-state index is 14.3. The van der Waals surface area contributed by atoms with Crippen molar-refractivity contribution in [2.45, 2.75) is 85.5 Å². The maximum absolute atomic E-state index is 14.3. The summed E-state index contributed by atoms with van der Waals surface area (Å²) < 4.78 is 5.43. The number of nitrogens with zero attached hydrogens (tertiary/aromatic N) is 1. The number of hydrogen-bond donors (Lipinski definition) is 2. The fourth-order valence-corrected chi connectivity index (χ4v) is 4.12. The standard InChI is InChI=1S/C31H41N3O4/c1-11-22-17-13-14-18-23(22)26(27(35)32-24-19-15-12-16-21(24)4)34(30(5,6)7)28(36)25(20(2)3)33-29(37)38-31(8,9)10/h1,12-20,25-26H,2-10H3,(H,32,35)(H,33,37). The number of benzene rings is 2. The molecule has 0 bridgehead atoms. The molecule has 2 aromatic rings. The van der Waals surface area contributed by atoms with Crippen LogP contribution in [0.25, 0.3) is 0 Å². The Labute approximate surface area is 227 Å². The van der Waals surface area contributed by atoms with Crippen molar-refractivity contribution < 1.29 is 19.1 Å². The van der Waals surface area contributed by atoms with Crippen LogP contribution >= 0.6 is 0 Å². The Morgan fingerprint density at radius 3 is 2.05 bits per heavy atom. The molecule has 0 saturated heterocycles. The molecule has 0 aromatic heterocycles. The number of para-hydroxylation sites is 1. The summed E-state index contributed by atoms with van der Waals surface area (Å²) in [5, 5.41) is 5.73. The number of amides is 3. The lowest BCUT2D eigenvalue weighted by Gasteiger charge is -2.43. The predicted octanol–water partition coefficient (Wildman–Crippen LogP) is 5.83. The number of nitrogens with one attached hydrogen (secondary N) is 2. The van der Waals surface area contributed by atoms with E-state index in [0.29, 0.717) is 16.8 Å². The van der Waals surface area contributed by atoms with Gasteiger partial charge in [-0.25, -0.2) is 4.79 Å². The maximum Gasteiger partial charge on any atom is 0.408 e. The summed E-state index contributed by atoms with van der Waals surface area (Å²) in [7, 11) is 0. The predicted molar refractivity (Wildman–Crippen MR) is 152 cm³/mol. The van der Waals surface area contributed by atoms with Crippen molar-refractivity contribution in [2.24, 2.45) is 5.92 Å². The Bertz CT molecular complexity index is 1200. The van der Waals surface area contributed by atoms with Crippen LogP contribution in [0.15, 0.2) is 48.5 Å². The van der Waals surface area contributed by atoms with E-state index in [1.165, 1.54) is 4.90 Å². The first-order chi connectivity index (χ1) is 17.6. The van der Waals surface area contributed by atoms with Crippen LogP contribution in [-0.4, -0.2) is 40.0 Å². The van der Waals surface area contributed by atoms with E-state index < -0.39 is 41.1 Å². The van der Waals surface area contributed by atoms with Gasteiger partial charge in [0.15, 0.2) is 0 Å². The zero-order chi connectivity index (χ0) is 28.8. The molecule has 0 saturated carbocycles. The molecular weight excluding hydrogens is 478 g/mol. The average molecular weight is 520 g/mol. The summed E-state index contributed by atoms with van der Waals surface area (Å²) >= 11 is 0. The van der Waals surface area contributed by atoms with Gasteiger partial charge in [-0.2, -0.15) is 0 Å². The zero-order valence-electron chi connectivity index (χ0n) is 24.0. The Morgan fingerprint density at radius 1 is 0.947 bits per heavy atom. The minimum atomic E-state index is -1.07. The molecule has 2 unspecified atom stereocenters. The number of carbonyl (C=O) groups excluding carboxylic acids is 3. The van der Waals surface area contributed by atoms with Crippen LogP contribution in [0.3, 0.4) is 0 Å². The van der Waals surface area contributed by atoms with Crippen molar-refractivity contribution in [3.05, 3.63) is 65.2 Å². The van der Waals surface area contributed by atoms with Crippen molar-refractivity contribution in [2.75, 3.05) is 5.32 Å². The zero-order valence-corrected chi connectivity index (χ0v) is 24.0. The molecule has 7 nitrogen and oxygen atoms in total. The Hall–Kier alpha value is -3.79. The summed E-state index contributed by atoms with van der Waals surface area (Å²) in [6.07, 6.45) is 5.12. The number of terminal acetylenes is 1. The molecule has 204 valence electrons. The molecule has 2 aromatic carbocycles. The van der Waals surface area contributed by atoms with Crippen LogP contribution in [0.2, 0.25) is 0 Å². The van der Waals surface area contributed by atoms with Crippen LogP contribution < -0.4 is 10.6 Å². The molecule has 0 aliphatic carbocycles. The molecule has 0 aliphatic rings. The summed E-state index contributed by atoms with van der Waals surface area (Å²) in [6, 6.07) is 12.5. The molecule has 0 heterocycles. The molecule has 0 fully saturated rings. The van der Waals surface area contributed by atoms with E-state index in [9.17, 15) is 14.4 Å². The molecule has 38 heavy (non-hydrogen) atoms. The van der Waals surface area contributed by atoms with E-state index in [1.807, 2.05) is 65.8 Å². The monoisotopic (exact) mass is 519 g/mol. The highest BCUT2D eigenvalue weighted by Crippen LogP contribution is 2.33. The van der Waals surface area contributed by atoms with Gasteiger partial charge in [-0.15, -0.1) is 6.42 Å². The van der Waals surface area contributed by atoms with Crippen LogP contribution in [0.1, 0.15) is 78.1 Å². The van der Waals surface area contributed by atoms with Crippen LogP contribution in [0.4, 0.5) is 10.5 Å². The second kappa shape index (κ2) is 12.2. The van der Waals surface area contributed by atoms with Gasteiger partial charge < -0.3 is 20.3 Å². The smallest absolute Gasteiger partial charge is 0.408 e. The molecule has 0 radical (unpaired) electrons. The first-order valence-electron chi connectivity index (χ1n) is 12.8. The van der Waals surface area contributed by atoms with E-state index in [2.05, 4.69) is 16.6 Å². The first kappa shape index (κ1) is 30.4. The highest BCUT2D eigenvalue weighted by molar-refractivity contribution is 6.00. The Morgan fingerprint density at radius 2 is 1.53 bits per heavy atom. The second-order valence-electron chi connectivity index (χ2n) is 11.7. The molecule has 0 spiro atoms. The number of ether oxygens (including phenoxy) is 1. The van der Waals surface area contributed by atoms with Crippen LogP contribution in [0, 0.1) is 25.2 Å². The largest absolute Gasteiger partial charge is 0.444 e. The third-order valence-corrected chi connectivity index (χ3v) is 5.89. The normalized spacial score (nSPS) is 13.2. The van der Waals surface area contributed by atoms with E-state index in [1.54, 1.807) is 45.0 Å². The van der Waals surface area contributed by atoms with E-state index >= 15 is 0 Å². The lowest BCUT2D eigenvalue weighted by Crippen LogP contribution is -2.59. The minimum Gasteiger partial charge on any atom is -0.444 e. The van der Waals surface area contributed by atoms with Crippen molar-refractivity contribution in [3.63, 3.8) is 0 Å². The summed E-state index contributed by atoms with van der Waals surface area (Å²) in [4.78, 5) is 42.5. The molecule has 2 atom stereocenters. The van der Waals surface area contributed by atoms with Gasteiger partial charge in [0.25, 0.3) is 5.91 Å². The third-order valence-electron chi connectivity index (χ3n) is 5.89. The fourth-order valence-electron chi connectivity index (χ4n) is 4.12. The molecule has 3 amide bonds. The summed E-state index contributed by atoms with van der Waals surface area (Å²) in [6.45, 7) is 16.4. The lowest BCUT2D eigenvalue weighted by molar-refractivity contribution is -0.147. The third kappa shape index (κ3) is 7.85. The molecule has 2 rings (SSSR count). The highest BCUT2D eigenvalue weighted by Gasteiger charge is 2.43. The number of carbonyl (C=O) groups is 3. The van der Waals surface area contributed by atoms with Crippen molar-refractivity contribution in [3.8, 4) is 12.3 Å². The average Bonchev–Trinajstić information content (AvgIpc) is 2.79. The van der Waals surface area contributed by atoms with E-state index in [4.69, 9.17) is 11.2 Å². The van der Waals surface area contributed by atoms with Gasteiger partial charge >= 0.3 is 6.09 Å². The Balaban J connectivity index is 2.66. The lowest BCUT2D eigenvalue weighted by atomic mass is 9.91. The number of rotatable bonds is 7. The number of hydrogen-bond acceptors (Lipinski definition) is 4. The van der Waals surface area contributed by atoms with Gasteiger partial charge in [0.2, 0.25) is 5.91 Å². The number of alkyl carbamates (subject to hydrolysis) is 1. The van der Waals surface area contributed by atoms with E-state index in [-0.39, 0.29) is 5.92 Å². The highest BCUT2D eigenvalue weighted by atomic mass is 16.6. The van der Waals surface area contributed by atoms with Crippen molar-refractivity contribution in [1.82, 2.24) is 10.2 Å². The number of aryl methyl sites for hydroxylation is 1. The number of anilines is 1. The van der Waals surface area contributed by atoms with Crippen LogP contribution in [-0.2, 0) is 14.3 Å². The second-order valence-corrected chi connectivity index (χ2v) is 11.7.